The van der Waals surface area contributed by atoms with E-state index in [-0.39, 0.29) is 23.5 Å². The second kappa shape index (κ2) is 8.19. The second-order valence-electron chi connectivity index (χ2n) is 6.55. The van der Waals surface area contributed by atoms with Gasteiger partial charge < -0.3 is 10.3 Å². The second-order valence-corrected chi connectivity index (χ2v) is 7.61. The number of aromatic amines is 1. The first-order chi connectivity index (χ1) is 13.4. The van der Waals surface area contributed by atoms with Gasteiger partial charge in [-0.15, -0.1) is 11.3 Å². The molecule has 0 aliphatic heterocycles. The third-order valence-corrected chi connectivity index (χ3v) is 5.38. The van der Waals surface area contributed by atoms with Crippen molar-refractivity contribution in [3.8, 4) is 17.3 Å². The molecule has 6 nitrogen and oxygen atoms in total. The third-order valence-electron chi connectivity index (χ3n) is 4.61. The molecule has 3 rings (SSSR count). The number of aromatic nitrogens is 2. The molecule has 2 N–H and O–H groups in total. The van der Waals surface area contributed by atoms with Crippen LogP contribution in [0.3, 0.4) is 0 Å². The summed E-state index contributed by atoms with van der Waals surface area (Å²) >= 11 is 1.60. The SMILES string of the molecule is Cc1nc(-c2ccc(NC(=O)CCc3c(C)[nH]c(=O)c(C#N)c3C)cc2)cs1. The van der Waals surface area contributed by atoms with Crippen molar-refractivity contribution in [1.29, 1.82) is 5.26 Å². The first-order valence-electron chi connectivity index (χ1n) is 8.84. The van der Waals surface area contributed by atoms with Gasteiger partial charge in [-0.25, -0.2) is 4.98 Å². The van der Waals surface area contributed by atoms with E-state index in [9.17, 15) is 9.59 Å². The van der Waals surface area contributed by atoms with E-state index in [0.29, 0.717) is 23.4 Å². The predicted molar refractivity (Wildman–Crippen MR) is 110 cm³/mol. The number of hydrogen-bond acceptors (Lipinski definition) is 5. The highest BCUT2D eigenvalue weighted by Gasteiger charge is 2.13. The van der Waals surface area contributed by atoms with Crippen LogP contribution >= 0.6 is 11.3 Å². The summed E-state index contributed by atoms with van der Waals surface area (Å²) in [6.07, 6.45) is 0.705. The summed E-state index contributed by atoms with van der Waals surface area (Å²) in [6.45, 7) is 5.49. The molecular formula is C21H20N4O2S. The first-order valence-corrected chi connectivity index (χ1v) is 9.72. The molecule has 2 aromatic heterocycles. The van der Waals surface area contributed by atoms with Gasteiger partial charge in [0.25, 0.3) is 5.56 Å². The lowest BCUT2D eigenvalue weighted by atomic mass is 9.99. The van der Waals surface area contributed by atoms with Crippen LogP contribution in [-0.2, 0) is 11.2 Å². The number of hydrogen-bond donors (Lipinski definition) is 2. The van der Waals surface area contributed by atoms with Crippen LogP contribution < -0.4 is 10.9 Å². The van der Waals surface area contributed by atoms with Crippen molar-refractivity contribution >= 4 is 22.9 Å². The maximum Gasteiger partial charge on any atom is 0.266 e. The predicted octanol–water partition coefficient (Wildman–Crippen LogP) is 3.87. The summed E-state index contributed by atoms with van der Waals surface area (Å²) in [5.41, 5.74) is 4.53. The zero-order valence-electron chi connectivity index (χ0n) is 15.9. The van der Waals surface area contributed by atoms with Crippen LogP contribution in [0.4, 0.5) is 5.69 Å². The van der Waals surface area contributed by atoms with E-state index in [4.69, 9.17) is 5.26 Å². The zero-order valence-corrected chi connectivity index (χ0v) is 16.7. The number of nitrogens with one attached hydrogen (secondary N) is 2. The fraction of sp³-hybridized carbons (Fsp3) is 0.238. The van der Waals surface area contributed by atoms with Crippen LogP contribution in [0, 0.1) is 32.1 Å². The average molecular weight is 392 g/mol. The van der Waals surface area contributed by atoms with Gasteiger partial charge in [0.15, 0.2) is 0 Å². The van der Waals surface area contributed by atoms with E-state index in [1.165, 1.54) is 0 Å². The van der Waals surface area contributed by atoms with E-state index in [0.717, 1.165) is 21.8 Å². The van der Waals surface area contributed by atoms with Crippen molar-refractivity contribution in [1.82, 2.24) is 9.97 Å². The lowest BCUT2D eigenvalue weighted by molar-refractivity contribution is -0.116. The normalized spacial score (nSPS) is 10.5. The van der Waals surface area contributed by atoms with Gasteiger partial charge in [-0.3, -0.25) is 9.59 Å². The Balaban J connectivity index is 1.65. The number of nitrogens with zero attached hydrogens (tertiary/aromatic N) is 2. The molecule has 0 radical (unpaired) electrons. The van der Waals surface area contributed by atoms with Crippen molar-refractivity contribution < 1.29 is 4.79 Å². The molecule has 0 spiro atoms. The number of rotatable bonds is 5. The fourth-order valence-corrected chi connectivity index (χ4v) is 3.72. The maximum absolute atomic E-state index is 12.3. The van der Waals surface area contributed by atoms with Gasteiger partial charge >= 0.3 is 0 Å². The van der Waals surface area contributed by atoms with Crippen molar-refractivity contribution in [3.63, 3.8) is 0 Å². The monoisotopic (exact) mass is 392 g/mol. The Kier molecular flexibility index (Phi) is 5.71. The fourth-order valence-electron chi connectivity index (χ4n) is 3.10. The van der Waals surface area contributed by atoms with Gasteiger partial charge in [0.05, 0.1) is 10.7 Å². The van der Waals surface area contributed by atoms with Gasteiger partial charge in [0, 0.05) is 28.7 Å². The average Bonchev–Trinajstić information content (AvgIpc) is 3.08. The molecule has 142 valence electrons. The molecule has 0 saturated carbocycles. The number of H-pyrrole nitrogens is 1. The Morgan fingerprint density at radius 2 is 1.96 bits per heavy atom. The minimum atomic E-state index is -0.388. The molecule has 0 aliphatic carbocycles. The minimum absolute atomic E-state index is 0.105. The standard InChI is InChI=1S/C21H20N4O2S/c1-12-17(13(2)23-21(27)18(12)10-22)8-9-20(26)25-16-6-4-15(5-7-16)19-11-28-14(3)24-19/h4-7,11H,8-9H2,1-3H3,(H,23,27)(H,25,26). The van der Waals surface area contributed by atoms with Gasteiger partial charge in [-0.05, 0) is 50.5 Å². The Morgan fingerprint density at radius 3 is 2.57 bits per heavy atom. The summed E-state index contributed by atoms with van der Waals surface area (Å²) in [7, 11) is 0. The van der Waals surface area contributed by atoms with Crippen LogP contribution in [0.25, 0.3) is 11.3 Å². The van der Waals surface area contributed by atoms with Crippen LogP contribution in [0.5, 0.6) is 0 Å². The number of carbonyl (C=O) groups excluding carboxylic acids is 1. The molecule has 1 aromatic carbocycles. The van der Waals surface area contributed by atoms with E-state index in [2.05, 4.69) is 15.3 Å². The van der Waals surface area contributed by atoms with Gasteiger partial charge in [0.2, 0.25) is 5.91 Å². The number of carbonyl (C=O) groups is 1. The Bertz CT molecular complexity index is 1120. The van der Waals surface area contributed by atoms with Crippen molar-refractivity contribution in [2.24, 2.45) is 0 Å². The number of benzene rings is 1. The highest BCUT2D eigenvalue weighted by atomic mass is 32.1. The molecular weight excluding hydrogens is 372 g/mol. The first kappa shape index (κ1) is 19.5. The lowest BCUT2D eigenvalue weighted by Crippen LogP contribution is -2.18. The van der Waals surface area contributed by atoms with Crippen molar-refractivity contribution in [3.05, 3.63) is 67.4 Å². The number of aryl methyl sites for hydroxylation is 2. The van der Waals surface area contributed by atoms with E-state index >= 15 is 0 Å². The molecule has 28 heavy (non-hydrogen) atoms. The Labute approximate surface area is 166 Å². The van der Waals surface area contributed by atoms with Crippen molar-refractivity contribution in [2.75, 3.05) is 5.32 Å². The quantitative estimate of drug-likeness (QED) is 0.688. The summed E-state index contributed by atoms with van der Waals surface area (Å²) in [6, 6.07) is 9.50. The van der Waals surface area contributed by atoms with Crippen LogP contribution in [0.1, 0.15) is 33.8 Å². The highest BCUT2D eigenvalue weighted by Crippen LogP contribution is 2.23. The minimum Gasteiger partial charge on any atom is -0.326 e. The third kappa shape index (κ3) is 4.18. The van der Waals surface area contributed by atoms with E-state index < -0.39 is 0 Å². The van der Waals surface area contributed by atoms with Gasteiger partial charge in [-0.1, -0.05) is 12.1 Å². The number of pyridine rings is 1. The van der Waals surface area contributed by atoms with E-state index in [1.54, 1.807) is 25.2 Å². The number of thiazole rings is 1. The van der Waals surface area contributed by atoms with Crippen LogP contribution in [0.15, 0.2) is 34.4 Å². The smallest absolute Gasteiger partial charge is 0.266 e. The van der Waals surface area contributed by atoms with Gasteiger partial charge in [0.1, 0.15) is 11.6 Å². The molecule has 3 aromatic rings. The van der Waals surface area contributed by atoms with Crippen molar-refractivity contribution in [2.45, 2.75) is 33.6 Å². The summed E-state index contributed by atoms with van der Waals surface area (Å²) in [5.74, 6) is -0.124. The number of nitriles is 1. The van der Waals surface area contributed by atoms with E-state index in [1.807, 2.05) is 42.6 Å². The summed E-state index contributed by atoms with van der Waals surface area (Å²) in [5, 5.41) is 15.0. The largest absolute Gasteiger partial charge is 0.326 e. The molecule has 0 bridgehead atoms. The Hall–Kier alpha value is -3.24. The molecule has 0 aliphatic rings. The van der Waals surface area contributed by atoms with Crippen LogP contribution in [0.2, 0.25) is 0 Å². The molecule has 0 fully saturated rings. The zero-order chi connectivity index (χ0) is 20.3. The van der Waals surface area contributed by atoms with Gasteiger partial charge in [-0.2, -0.15) is 5.26 Å². The number of anilines is 1. The lowest BCUT2D eigenvalue weighted by Gasteiger charge is -2.11. The molecule has 1 amide bonds. The Morgan fingerprint density at radius 1 is 1.25 bits per heavy atom. The summed E-state index contributed by atoms with van der Waals surface area (Å²) < 4.78 is 0. The molecule has 0 unspecified atom stereocenters. The molecule has 0 saturated heterocycles. The van der Waals surface area contributed by atoms with Crippen LogP contribution in [-0.4, -0.2) is 15.9 Å². The highest BCUT2D eigenvalue weighted by molar-refractivity contribution is 7.09. The molecule has 7 heteroatoms. The topological polar surface area (TPSA) is 98.6 Å². The number of amides is 1. The maximum atomic E-state index is 12.3. The molecule has 0 atom stereocenters. The molecule has 2 heterocycles. The summed E-state index contributed by atoms with van der Waals surface area (Å²) in [4.78, 5) is 31.3.